The zero-order valence-corrected chi connectivity index (χ0v) is 15.4. The number of hydrogen-bond acceptors (Lipinski definition) is 4. The molecule has 0 radical (unpaired) electrons. The predicted octanol–water partition coefficient (Wildman–Crippen LogP) is 3.67. The highest BCUT2D eigenvalue weighted by atomic mass is 16.1. The highest BCUT2D eigenvalue weighted by Gasteiger charge is 2.08. The predicted molar refractivity (Wildman–Crippen MR) is 101 cm³/mol. The molecule has 3 aromatic rings. The number of nitrogens with zero attached hydrogens (tertiary/aromatic N) is 4. The van der Waals surface area contributed by atoms with Gasteiger partial charge in [-0.2, -0.15) is 0 Å². The van der Waals surface area contributed by atoms with Crippen LogP contribution >= 0.6 is 0 Å². The van der Waals surface area contributed by atoms with Crippen molar-refractivity contribution in [2.75, 3.05) is 0 Å². The number of ketones is 1. The minimum Gasteiger partial charge on any atom is -0.299 e. The second-order valence-electron chi connectivity index (χ2n) is 6.62. The third-order valence-corrected chi connectivity index (χ3v) is 4.46. The summed E-state index contributed by atoms with van der Waals surface area (Å²) in [6.45, 7) is 4.17. The van der Waals surface area contributed by atoms with Gasteiger partial charge in [0.1, 0.15) is 5.78 Å². The second kappa shape index (κ2) is 8.52. The van der Waals surface area contributed by atoms with E-state index < -0.39 is 0 Å². The molecule has 26 heavy (non-hydrogen) atoms. The Morgan fingerprint density at radius 2 is 1.92 bits per heavy atom. The van der Waals surface area contributed by atoms with Crippen LogP contribution in [0.3, 0.4) is 0 Å². The SMILES string of the molecule is CCCCc1cn(-c2ccc(CC(=O)Cc3cnccc3C)cc2)nn1. The molecule has 0 aliphatic heterocycles. The molecule has 0 unspecified atom stereocenters. The molecule has 0 atom stereocenters. The molecular weight excluding hydrogens is 324 g/mol. The van der Waals surface area contributed by atoms with Crippen LogP contribution in [0.15, 0.2) is 48.9 Å². The van der Waals surface area contributed by atoms with Crippen molar-refractivity contribution in [2.45, 2.75) is 46.0 Å². The Hall–Kier alpha value is -2.82. The fourth-order valence-electron chi connectivity index (χ4n) is 2.85. The summed E-state index contributed by atoms with van der Waals surface area (Å²) < 4.78 is 1.79. The van der Waals surface area contributed by atoms with E-state index in [1.54, 1.807) is 17.1 Å². The van der Waals surface area contributed by atoms with Crippen LogP contribution in [0.1, 0.15) is 42.1 Å². The topological polar surface area (TPSA) is 60.7 Å². The molecule has 0 amide bonds. The van der Waals surface area contributed by atoms with Gasteiger partial charge in [0.2, 0.25) is 0 Å². The van der Waals surface area contributed by atoms with Crippen LogP contribution < -0.4 is 0 Å². The van der Waals surface area contributed by atoms with Crippen molar-refractivity contribution in [3.8, 4) is 5.69 Å². The zero-order valence-electron chi connectivity index (χ0n) is 15.4. The lowest BCUT2D eigenvalue weighted by atomic mass is 10.0. The van der Waals surface area contributed by atoms with E-state index in [0.29, 0.717) is 12.8 Å². The van der Waals surface area contributed by atoms with Gasteiger partial charge < -0.3 is 0 Å². The first-order chi connectivity index (χ1) is 12.7. The van der Waals surface area contributed by atoms with Gasteiger partial charge in [0.15, 0.2) is 0 Å². The van der Waals surface area contributed by atoms with E-state index in [1.165, 1.54) is 0 Å². The summed E-state index contributed by atoms with van der Waals surface area (Å²) in [5, 5.41) is 8.40. The fraction of sp³-hybridized carbons (Fsp3) is 0.333. The number of aryl methyl sites for hydroxylation is 2. The Morgan fingerprint density at radius 1 is 1.12 bits per heavy atom. The molecular formula is C21H24N4O. The van der Waals surface area contributed by atoms with Crippen molar-refractivity contribution >= 4 is 5.78 Å². The van der Waals surface area contributed by atoms with Crippen LogP contribution in [-0.2, 0) is 24.1 Å². The van der Waals surface area contributed by atoms with Gasteiger partial charge in [-0.15, -0.1) is 5.10 Å². The van der Waals surface area contributed by atoms with Crippen molar-refractivity contribution in [1.29, 1.82) is 0 Å². The van der Waals surface area contributed by atoms with Gasteiger partial charge in [-0.25, -0.2) is 4.68 Å². The lowest BCUT2D eigenvalue weighted by Crippen LogP contribution is -2.08. The van der Waals surface area contributed by atoms with Crippen molar-refractivity contribution in [1.82, 2.24) is 20.0 Å². The van der Waals surface area contributed by atoms with Crippen molar-refractivity contribution < 1.29 is 4.79 Å². The molecule has 5 heteroatoms. The lowest BCUT2D eigenvalue weighted by molar-refractivity contribution is -0.117. The summed E-state index contributed by atoms with van der Waals surface area (Å²) in [6, 6.07) is 9.87. The van der Waals surface area contributed by atoms with Gasteiger partial charge in [0.25, 0.3) is 0 Å². The fourth-order valence-corrected chi connectivity index (χ4v) is 2.85. The Labute approximate surface area is 154 Å². The van der Waals surface area contributed by atoms with Gasteiger partial charge in [-0.1, -0.05) is 30.7 Å². The maximum atomic E-state index is 12.3. The van der Waals surface area contributed by atoms with Crippen LogP contribution in [0.2, 0.25) is 0 Å². The van der Waals surface area contributed by atoms with Crippen LogP contribution in [0.5, 0.6) is 0 Å². The van der Waals surface area contributed by atoms with Gasteiger partial charge in [-0.3, -0.25) is 9.78 Å². The number of hydrogen-bond donors (Lipinski definition) is 0. The number of carbonyl (C=O) groups excluding carboxylic acids is 1. The molecule has 0 aliphatic rings. The number of unbranched alkanes of at least 4 members (excludes halogenated alkanes) is 1. The first-order valence-corrected chi connectivity index (χ1v) is 9.07. The molecule has 0 fully saturated rings. The molecule has 0 spiro atoms. The van der Waals surface area contributed by atoms with E-state index in [9.17, 15) is 4.79 Å². The maximum Gasteiger partial charge on any atom is 0.141 e. The van der Waals surface area contributed by atoms with E-state index >= 15 is 0 Å². The lowest BCUT2D eigenvalue weighted by Gasteiger charge is -2.06. The van der Waals surface area contributed by atoms with Crippen LogP contribution in [0.4, 0.5) is 0 Å². The van der Waals surface area contributed by atoms with Gasteiger partial charge in [-0.05, 0) is 54.7 Å². The number of Topliss-reactive ketones (excluding diaryl/α,β-unsaturated/α-hetero) is 1. The van der Waals surface area contributed by atoms with Crippen LogP contribution in [0.25, 0.3) is 5.69 Å². The molecule has 0 N–H and O–H groups in total. The van der Waals surface area contributed by atoms with E-state index in [4.69, 9.17) is 0 Å². The van der Waals surface area contributed by atoms with Gasteiger partial charge in [0.05, 0.1) is 17.6 Å². The molecule has 2 aromatic heterocycles. The van der Waals surface area contributed by atoms with Crippen LogP contribution in [-0.4, -0.2) is 25.8 Å². The summed E-state index contributed by atoms with van der Waals surface area (Å²) in [7, 11) is 0. The minimum absolute atomic E-state index is 0.191. The molecule has 0 saturated heterocycles. The maximum absolute atomic E-state index is 12.3. The normalized spacial score (nSPS) is 10.8. The number of aromatic nitrogens is 4. The molecule has 2 heterocycles. The number of carbonyl (C=O) groups is 1. The number of pyridine rings is 1. The average Bonchev–Trinajstić information content (AvgIpc) is 3.11. The third kappa shape index (κ3) is 4.63. The summed E-state index contributed by atoms with van der Waals surface area (Å²) in [4.78, 5) is 16.4. The zero-order chi connectivity index (χ0) is 18.4. The van der Waals surface area contributed by atoms with Gasteiger partial charge >= 0.3 is 0 Å². The Kier molecular flexibility index (Phi) is 5.89. The first-order valence-electron chi connectivity index (χ1n) is 9.07. The Balaban J connectivity index is 1.61. The number of benzene rings is 1. The van der Waals surface area contributed by atoms with E-state index in [-0.39, 0.29) is 5.78 Å². The largest absolute Gasteiger partial charge is 0.299 e. The summed E-state index contributed by atoms with van der Waals surface area (Å²) in [5.41, 5.74) is 5.08. The highest BCUT2D eigenvalue weighted by molar-refractivity contribution is 5.83. The summed E-state index contributed by atoms with van der Waals surface area (Å²) >= 11 is 0. The van der Waals surface area contributed by atoms with Crippen molar-refractivity contribution in [3.05, 3.63) is 71.3 Å². The molecule has 1 aromatic carbocycles. The quantitative estimate of drug-likeness (QED) is 0.623. The molecule has 134 valence electrons. The minimum atomic E-state index is 0.191. The van der Waals surface area contributed by atoms with Crippen molar-refractivity contribution in [3.63, 3.8) is 0 Å². The molecule has 0 bridgehead atoms. The van der Waals surface area contributed by atoms with E-state index in [1.807, 2.05) is 43.5 Å². The Bertz CT molecular complexity index is 868. The summed E-state index contributed by atoms with van der Waals surface area (Å²) in [6.07, 6.45) is 9.57. The van der Waals surface area contributed by atoms with Gasteiger partial charge in [0, 0.05) is 25.2 Å². The molecule has 0 aliphatic carbocycles. The molecule has 5 nitrogen and oxygen atoms in total. The second-order valence-corrected chi connectivity index (χ2v) is 6.62. The van der Waals surface area contributed by atoms with Crippen molar-refractivity contribution in [2.24, 2.45) is 0 Å². The van der Waals surface area contributed by atoms with E-state index in [0.717, 1.165) is 47.3 Å². The smallest absolute Gasteiger partial charge is 0.141 e. The van der Waals surface area contributed by atoms with E-state index in [2.05, 4.69) is 22.2 Å². The average molecular weight is 348 g/mol. The molecule has 3 rings (SSSR count). The first kappa shape index (κ1) is 18.0. The molecule has 0 saturated carbocycles. The standard InChI is InChI=1S/C21H24N4O/c1-3-4-5-19-15-25(24-23-19)20-8-6-17(7-9-20)12-21(26)13-18-14-22-11-10-16(18)2/h6-11,14-15H,3-5,12-13H2,1-2H3. The highest BCUT2D eigenvalue weighted by Crippen LogP contribution is 2.13. The monoisotopic (exact) mass is 348 g/mol. The Morgan fingerprint density at radius 3 is 2.65 bits per heavy atom. The third-order valence-electron chi connectivity index (χ3n) is 4.46. The summed E-state index contributed by atoms with van der Waals surface area (Å²) in [5.74, 6) is 0.191. The van der Waals surface area contributed by atoms with Crippen LogP contribution in [0, 0.1) is 6.92 Å². The number of rotatable bonds is 8.